The molecule has 0 saturated carbocycles. The zero-order valence-corrected chi connectivity index (χ0v) is 15.3. The second-order valence-corrected chi connectivity index (χ2v) is 7.07. The van der Waals surface area contributed by atoms with Gasteiger partial charge in [-0.05, 0) is 25.5 Å². The molecule has 1 aliphatic rings. The Morgan fingerprint density at radius 3 is 2.85 bits per heavy atom. The van der Waals surface area contributed by atoms with E-state index in [0.29, 0.717) is 25.3 Å². The van der Waals surface area contributed by atoms with E-state index in [1.54, 1.807) is 0 Å². The first-order chi connectivity index (χ1) is 12.5. The van der Waals surface area contributed by atoms with Crippen molar-refractivity contribution >= 4 is 16.8 Å². The van der Waals surface area contributed by atoms with E-state index < -0.39 is 0 Å². The van der Waals surface area contributed by atoms with Crippen LogP contribution in [-0.4, -0.2) is 34.9 Å². The van der Waals surface area contributed by atoms with Crippen molar-refractivity contribution in [3.8, 4) is 0 Å². The summed E-state index contributed by atoms with van der Waals surface area (Å²) >= 11 is 0. The van der Waals surface area contributed by atoms with Crippen molar-refractivity contribution in [2.24, 2.45) is 13.0 Å². The van der Waals surface area contributed by atoms with E-state index >= 15 is 0 Å². The van der Waals surface area contributed by atoms with Crippen molar-refractivity contribution in [1.29, 1.82) is 0 Å². The van der Waals surface area contributed by atoms with Crippen LogP contribution in [0, 0.1) is 19.8 Å². The Bertz CT molecular complexity index is 918. The van der Waals surface area contributed by atoms with Crippen molar-refractivity contribution in [3.63, 3.8) is 0 Å². The zero-order chi connectivity index (χ0) is 18.3. The summed E-state index contributed by atoms with van der Waals surface area (Å²) in [6.07, 6.45) is 0.708. The standard InChI is InChI=1S/C20H23N3O3/c1-12-8-15(26-22-12)9-14-10-25-11-17(14)21-20(24)19-13(2)16-6-4-5-7-18(16)23(19)3/h4-8,14,17H,9-11H2,1-3H3,(H,21,24). The molecular formula is C20H23N3O3. The third kappa shape index (κ3) is 2.90. The number of amides is 1. The van der Waals surface area contributed by atoms with Gasteiger partial charge >= 0.3 is 0 Å². The van der Waals surface area contributed by atoms with Gasteiger partial charge in [-0.15, -0.1) is 0 Å². The number of hydrogen-bond acceptors (Lipinski definition) is 4. The highest BCUT2D eigenvalue weighted by Crippen LogP contribution is 2.25. The van der Waals surface area contributed by atoms with E-state index in [2.05, 4.69) is 16.5 Å². The first kappa shape index (κ1) is 16.8. The fourth-order valence-electron chi connectivity index (χ4n) is 3.87. The van der Waals surface area contributed by atoms with E-state index in [4.69, 9.17) is 9.26 Å². The molecule has 1 N–H and O–H groups in total. The van der Waals surface area contributed by atoms with Gasteiger partial charge in [0.25, 0.3) is 5.91 Å². The van der Waals surface area contributed by atoms with E-state index in [9.17, 15) is 4.79 Å². The second-order valence-electron chi connectivity index (χ2n) is 7.07. The fraction of sp³-hybridized carbons (Fsp3) is 0.400. The SMILES string of the molecule is Cc1cc(CC2COCC2NC(=O)c2c(C)c3ccccc3n2C)on1. The van der Waals surface area contributed by atoms with Crippen LogP contribution in [-0.2, 0) is 18.2 Å². The van der Waals surface area contributed by atoms with Gasteiger partial charge in [0.2, 0.25) is 0 Å². The van der Waals surface area contributed by atoms with Crippen LogP contribution in [0.5, 0.6) is 0 Å². The van der Waals surface area contributed by atoms with E-state index in [0.717, 1.165) is 27.9 Å². The smallest absolute Gasteiger partial charge is 0.268 e. The van der Waals surface area contributed by atoms with Crippen LogP contribution in [0.2, 0.25) is 0 Å². The van der Waals surface area contributed by atoms with Gasteiger partial charge in [0.1, 0.15) is 11.5 Å². The topological polar surface area (TPSA) is 69.3 Å². The van der Waals surface area contributed by atoms with Crippen LogP contribution in [0.15, 0.2) is 34.9 Å². The van der Waals surface area contributed by atoms with Gasteiger partial charge in [-0.2, -0.15) is 0 Å². The summed E-state index contributed by atoms with van der Waals surface area (Å²) in [7, 11) is 1.93. The van der Waals surface area contributed by atoms with Gasteiger partial charge in [0, 0.05) is 36.4 Å². The average molecular weight is 353 g/mol. The number of rotatable bonds is 4. The number of benzene rings is 1. The van der Waals surface area contributed by atoms with Crippen molar-refractivity contribution in [2.45, 2.75) is 26.3 Å². The van der Waals surface area contributed by atoms with Crippen LogP contribution >= 0.6 is 0 Å². The van der Waals surface area contributed by atoms with Gasteiger partial charge in [-0.25, -0.2) is 0 Å². The van der Waals surface area contributed by atoms with Crippen LogP contribution in [0.1, 0.15) is 27.5 Å². The molecule has 1 fully saturated rings. The molecule has 2 aromatic heterocycles. The molecule has 3 heterocycles. The van der Waals surface area contributed by atoms with Crippen LogP contribution in [0.4, 0.5) is 0 Å². The molecule has 4 rings (SSSR count). The highest BCUT2D eigenvalue weighted by molar-refractivity contribution is 6.01. The molecular weight excluding hydrogens is 330 g/mol. The number of nitrogens with one attached hydrogen (secondary N) is 1. The number of ether oxygens (including phenoxy) is 1. The normalized spacial score (nSPS) is 20.0. The molecule has 1 saturated heterocycles. The summed E-state index contributed by atoms with van der Waals surface area (Å²) in [4.78, 5) is 13.0. The van der Waals surface area contributed by atoms with Gasteiger partial charge in [-0.3, -0.25) is 4.79 Å². The largest absolute Gasteiger partial charge is 0.379 e. The average Bonchev–Trinajstić information content (AvgIpc) is 3.29. The summed E-state index contributed by atoms with van der Waals surface area (Å²) in [6.45, 7) is 5.03. The number of aryl methyl sites for hydroxylation is 3. The third-order valence-electron chi connectivity index (χ3n) is 5.23. The predicted octanol–water partition coefficient (Wildman–Crippen LogP) is 2.77. The predicted molar refractivity (Wildman–Crippen MR) is 98.2 cm³/mol. The Morgan fingerprint density at radius 2 is 2.12 bits per heavy atom. The van der Waals surface area contributed by atoms with Crippen LogP contribution in [0.25, 0.3) is 10.9 Å². The summed E-state index contributed by atoms with van der Waals surface area (Å²) in [5, 5.41) is 8.21. The summed E-state index contributed by atoms with van der Waals surface area (Å²) in [6, 6.07) is 9.97. The van der Waals surface area contributed by atoms with Crippen molar-refractivity contribution in [1.82, 2.24) is 15.0 Å². The Hall–Kier alpha value is -2.60. The molecule has 0 aliphatic carbocycles. The molecule has 26 heavy (non-hydrogen) atoms. The van der Waals surface area contributed by atoms with Gasteiger partial charge in [0.15, 0.2) is 0 Å². The lowest BCUT2D eigenvalue weighted by molar-refractivity contribution is 0.0916. The molecule has 0 radical (unpaired) electrons. The molecule has 3 aromatic rings. The first-order valence-corrected chi connectivity index (χ1v) is 8.89. The quantitative estimate of drug-likeness (QED) is 0.783. The summed E-state index contributed by atoms with van der Waals surface area (Å²) in [5.74, 6) is 0.953. The van der Waals surface area contributed by atoms with Crippen molar-refractivity contribution < 1.29 is 14.1 Å². The molecule has 0 spiro atoms. The number of hydrogen-bond donors (Lipinski definition) is 1. The first-order valence-electron chi connectivity index (χ1n) is 8.89. The molecule has 2 unspecified atom stereocenters. The maximum Gasteiger partial charge on any atom is 0.268 e. The van der Waals surface area contributed by atoms with E-state index in [-0.39, 0.29) is 17.9 Å². The second kappa shape index (κ2) is 6.61. The van der Waals surface area contributed by atoms with E-state index in [1.165, 1.54) is 0 Å². The maximum absolute atomic E-state index is 13.0. The number of carbonyl (C=O) groups is 1. The van der Waals surface area contributed by atoms with Gasteiger partial charge in [0.05, 0.1) is 24.9 Å². The van der Waals surface area contributed by atoms with Crippen LogP contribution in [0.3, 0.4) is 0 Å². The third-order valence-corrected chi connectivity index (χ3v) is 5.23. The number of carbonyl (C=O) groups excluding carboxylic acids is 1. The minimum Gasteiger partial charge on any atom is -0.379 e. The Balaban J connectivity index is 1.54. The minimum absolute atomic E-state index is 0.0367. The van der Waals surface area contributed by atoms with Gasteiger partial charge in [-0.1, -0.05) is 23.4 Å². The Kier molecular flexibility index (Phi) is 4.28. The summed E-state index contributed by atoms with van der Waals surface area (Å²) < 4.78 is 12.9. The maximum atomic E-state index is 13.0. The van der Waals surface area contributed by atoms with Crippen LogP contribution < -0.4 is 5.32 Å². The lowest BCUT2D eigenvalue weighted by atomic mass is 9.98. The fourth-order valence-corrected chi connectivity index (χ4v) is 3.87. The molecule has 6 heteroatoms. The Labute approximate surface area is 152 Å². The van der Waals surface area contributed by atoms with Crippen molar-refractivity contribution in [2.75, 3.05) is 13.2 Å². The lowest BCUT2D eigenvalue weighted by Gasteiger charge is -2.18. The number of nitrogens with zero attached hydrogens (tertiary/aromatic N) is 2. The molecule has 1 aliphatic heterocycles. The molecule has 6 nitrogen and oxygen atoms in total. The molecule has 1 aromatic carbocycles. The van der Waals surface area contributed by atoms with Gasteiger partial charge < -0.3 is 19.1 Å². The highest BCUT2D eigenvalue weighted by atomic mass is 16.5. The molecule has 1 amide bonds. The zero-order valence-electron chi connectivity index (χ0n) is 15.3. The highest BCUT2D eigenvalue weighted by Gasteiger charge is 2.32. The molecule has 0 bridgehead atoms. The number of para-hydroxylation sites is 1. The monoisotopic (exact) mass is 353 g/mol. The lowest BCUT2D eigenvalue weighted by Crippen LogP contribution is -2.41. The molecule has 2 atom stereocenters. The number of aromatic nitrogens is 2. The minimum atomic E-state index is -0.0598. The Morgan fingerprint density at radius 1 is 1.31 bits per heavy atom. The number of fused-ring (bicyclic) bond motifs is 1. The summed E-state index contributed by atoms with van der Waals surface area (Å²) in [5.41, 5.74) is 3.63. The van der Waals surface area contributed by atoms with Crippen molar-refractivity contribution in [3.05, 3.63) is 53.0 Å². The van der Waals surface area contributed by atoms with E-state index in [1.807, 2.05) is 49.7 Å². The molecule has 136 valence electrons.